The number of carbonyl (C=O) groups excluding carboxylic acids is 1. The summed E-state index contributed by atoms with van der Waals surface area (Å²) >= 11 is 0. The SMILES string of the molecule is Cc1ccc(OCC(=O)N2CCN(c3cccc[nH+]3)CC2)cc1C. The highest BCUT2D eigenvalue weighted by Crippen LogP contribution is 2.16. The van der Waals surface area contributed by atoms with E-state index in [1.54, 1.807) is 0 Å². The first-order valence-electron chi connectivity index (χ1n) is 8.33. The molecule has 5 nitrogen and oxygen atoms in total. The highest BCUT2D eigenvalue weighted by atomic mass is 16.5. The van der Waals surface area contributed by atoms with Crippen LogP contribution in [0.15, 0.2) is 42.6 Å². The van der Waals surface area contributed by atoms with Crippen LogP contribution >= 0.6 is 0 Å². The highest BCUT2D eigenvalue weighted by Gasteiger charge is 2.26. The van der Waals surface area contributed by atoms with E-state index in [9.17, 15) is 4.79 Å². The number of hydrogen-bond acceptors (Lipinski definition) is 3. The fourth-order valence-corrected chi connectivity index (χ4v) is 2.82. The van der Waals surface area contributed by atoms with Crippen LogP contribution in [0.1, 0.15) is 11.1 Å². The molecule has 1 aliphatic rings. The largest absolute Gasteiger partial charge is 0.484 e. The van der Waals surface area contributed by atoms with Gasteiger partial charge in [0.1, 0.15) is 18.8 Å². The van der Waals surface area contributed by atoms with Crippen LogP contribution in [0.25, 0.3) is 0 Å². The lowest BCUT2D eigenvalue weighted by atomic mass is 10.1. The van der Waals surface area contributed by atoms with Crippen molar-refractivity contribution in [3.8, 4) is 5.75 Å². The third-order valence-electron chi connectivity index (χ3n) is 4.51. The van der Waals surface area contributed by atoms with Crippen molar-refractivity contribution >= 4 is 11.7 Å². The maximum Gasteiger partial charge on any atom is 0.274 e. The highest BCUT2D eigenvalue weighted by molar-refractivity contribution is 5.78. The lowest BCUT2D eigenvalue weighted by molar-refractivity contribution is -0.364. The van der Waals surface area contributed by atoms with E-state index in [4.69, 9.17) is 4.74 Å². The number of ether oxygens (including phenoxy) is 1. The number of aromatic amines is 1. The molecule has 0 spiro atoms. The van der Waals surface area contributed by atoms with Crippen molar-refractivity contribution in [1.82, 2.24) is 4.90 Å². The Bertz CT molecular complexity index is 695. The van der Waals surface area contributed by atoms with Gasteiger partial charge in [0, 0.05) is 6.07 Å². The minimum Gasteiger partial charge on any atom is -0.484 e. The van der Waals surface area contributed by atoms with Gasteiger partial charge in [-0.05, 0) is 43.2 Å². The second-order valence-electron chi connectivity index (χ2n) is 6.15. The number of piperazine rings is 1. The van der Waals surface area contributed by atoms with Crippen molar-refractivity contribution in [2.24, 2.45) is 0 Å². The fraction of sp³-hybridized carbons (Fsp3) is 0.368. The predicted octanol–water partition coefficient (Wildman–Crippen LogP) is 1.85. The van der Waals surface area contributed by atoms with Gasteiger partial charge in [0.05, 0.1) is 19.3 Å². The Kier molecular flexibility index (Phi) is 4.99. The zero-order valence-electron chi connectivity index (χ0n) is 14.3. The Morgan fingerprint density at radius 3 is 2.54 bits per heavy atom. The lowest BCUT2D eigenvalue weighted by Crippen LogP contribution is -2.51. The normalized spacial score (nSPS) is 14.6. The van der Waals surface area contributed by atoms with Gasteiger partial charge in [-0.3, -0.25) is 9.69 Å². The van der Waals surface area contributed by atoms with Gasteiger partial charge in [-0.1, -0.05) is 12.1 Å². The molecule has 0 atom stereocenters. The van der Waals surface area contributed by atoms with Crippen LogP contribution in [-0.4, -0.2) is 43.6 Å². The van der Waals surface area contributed by atoms with E-state index in [0.29, 0.717) is 0 Å². The van der Waals surface area contributed by atoms with Gasteiger partial charge >= 0.3 is 0 Å². The van der Waals surface area contributed by atoms with E-state index in [2.05, 4.69) is 22.9 Å². The van der Waals surface area contributed by atoms with Crippen LogP contribution in [0.3, 0.4) is 0 Å². The van der Waals surface area contributed by atoms with Crippen molar-refractivity contribution < 1.29 is 14.5 Å². The molecule has 2 heterocycles. The topological polar surface area (TPSA) is 46.9 Å². The van der Waals surface area contributed by atoms with E-state index < -0.39 is 0 Å². The van der Waals surface area contributed by atoms with Crippen LogP contribution in [0, 0.1) is 13.8 Å². The Balaban J connectivity index is 1.49. The summed E-state index contributed by atoms with van der Waals surface area (Å²) in [5.41, 5.74) is 2.40. The van der Waals surface area contributed by atoms with Gasteiger partial charge in [0.15, 0.2) is 6.61 Å². The molecule has 1 N–H and O–H groups in total. The van der Waals surface area contributed by atoms with Gasteiger partial charge in [-0.25, -0.2) is 4.98 Å². The number of amides is 1. The maximum absolute atomic E-state index is 12.3. The monoisotopic (exact) mass is 326 g/mol. The second-order valence-corrected chi connectivity index (χ2v) is 6.15. The van der Waals surface area contributed by atoms with Crippen molar-refractivity contribution in [3.05, 3.63) is 53.7 Å². The standard InChI is InChI=1S/C19H23N3O2/c1-15-6-7-17(13-16(15)2)24-14-19(23)22-11-9-21(10-12-22)18-5-3-4-8-20-18/h3-8,13H,9-12,14H2,1-2H3/p+1. The average molecular weight is 326 g/mol. The number of hydrogen-bond donors (Lipinski definition) is 0. The molecular weight excluding hydrogens is 302 g/mol. The van der Waals surface area contributed by atoms with Gasteiger partial charge in [-0.2, -0.15) is 0 Å². The number of rotatable bonds is 4. The van der Waals surface area contributed by atoms with E-state index in [1.165, 1.54) is 11.1 Å². The molecule has 1 saturated heterocycles. The summed E-state index contributed by atoms with van der Waals surface area (Å²) in [4.78, 5) is 19.7. The second kappa shape index (κ2) is 7.34. The van der Waals surface area contributed by atoms with Crippen LogP contribution < -0.4 is 14.6 Å². The molecule has 0 unspecified atom stereocenters. The average Bonchev–Trinajstić information content (AvgIpc) is 2.63. The van der Waals surface area contributed by atoms with E-state index in [1.807, 2.05) is 48.4 Å². The molecule has 2 aromatic rings. The molecule has 1 fully saturated rings. The smallest absolute Gasteiger partial charge is 0.274 e. The van der Waals surface area contributed by atoms with Crippen molar-refractivity contribution in [2.75, 3.05) is 37.7 Å². The molecule has 1 aliphatic heterocycles. The van der Waals surface area contributed by atoms with Crippen molar-refractivity contribution in [1.29, 1.82) is 0 Å². The molecule has 1 amide bonds. The molecule has 3 rings (SSSR count). The first-order chi connectivity index (χ1) is 11.6. The van der Waals surface area contributed by atoms with Crippen LogP contribution in [0.2, 0.25) is 0 Å². The molecule has 0 bridgehead atoms. The third-order valence-corrected chi connectivity index (χ3v) is 4.51. The van der Waals surface area contributed by atoms with Crippen molar-refractivity contribution in [3.63, 3.8) is 0 Å². The van der Waals surface area contributed by atoms with Crippen LogP contribution in [0.5, 0.6) is 5.75 Å². The van der Waals surface area contributed by atoms with Gasteiger partial charge in [0.2, 0.25) is 0 Å². The number of H-pyrrole nitrogens is 1. The van der Waals surface area contributed by atoms with Gasteiger partial charge in [0.25, 0.3) is 11.7 Å². The summed E-state index contributed by atoms with van der Waals surface area (Å²) in [6.45, 7) is 7.30. The zero-order valence-corrected chi connectivity index (χ0v) is 14.3. The quantitative estimate of drug-likeness (QED) is 0.861. The summed E-state index contributed by atoms with van der Waals surface area (Å²) in [5.74, 6) is 1.89. The molecule has 0 saturated carbocycles. The molecule has 24 heavy (non-hydrogen) atoms. The molecule has 0 radical (unpaired) electrons. The first kappa shape index (κ1) is 16.3. The Hall–Kier alpha value is -2.56. The number of aryl methyl sites for hydroxylation is 2. The minimum atomic E-state index is 0.0462. The first-order valence-corrected chi connectivity index (χ1v) is 8.33. The summed E-state index contributed by atoms with van der Waals surface area (Å²) in [7, 11) is 0. The zero-order chi connectivity index (χ0) is 16.9. The van der Waals surface area contributed by atoms with Gasteiger partial charge < -0.3 is 9.64 Å². The molecule has 0 aliphatic carbocycles. The number of aromatic nitrogens is 1. The van der Waals surface area contributed by atoms with Crippen molar-refractivity contribution in [2.45, 2.75) is 13.8 Å². The Morgan fingerprint density at radius 2 is 1.88 bits per heavy atom. The third kappa shape index (κ3) is 3.85. The summed E-state index contributed by atoms with van der Waals surface area (Å²) in [5, 5.41) is 0. The predicted molar refractivity (Wildman–Crippen MR) is 93.2 cm³/mol. The maximum atomic E-state index is 12.3. The fourth-order valence-electron chi connectivity index (χ4n) is 2.82. The van der Waals surface area contributed by atoms with Crippen LogP contribution in [0.4, 0.5) is 5.82 Å². The van der Waals surface area contributed by atoms with Crippen LogP contribution in [-0.2, 0) is 4.79 Å². The number of pyridine rings is 1. The molecule has 5 heteroatoms. The summed E-state index contributed by atoms with van der Waals surface area (Å²) in [6.07, 6.45) is 1.92. The minimum absolute atomic E-state index is 0.0462. The number of nitrogens with one attached hydrogen (secondary N) is 1. The Morgan fingerprint density at radius 1 is 1.08 bits per heavy atom. The number of benzene rings is 1. The summed E-state index contributed by atoms with van der Waals surface area (Å²) in [6, 6.07) is 11.9. The molecule has 1 aromatic carbocycles. The number of carbonyl (C=O) groups is 1. The Labute approximate surface area is 142 Å². The molecule has 126 valence electrons. The van der Waals surface area contributed by atoms with E-state index in [0.717, 1.165) is 37.7 Å². The number of anilines is 1. The van der Waals surface area contributed by atoms with E-state index >= 15 is 0 Å². The van der Waals surface area contributed by atoms with E-state index in [-0.39, 0.29) is 12.5 Å². The molecular formula is C19H24N3O2+. The van der Waals surface area contributed by atoms with Gasteiger partial charge in [-0.15, -0.1) is 0 Å². The number of nitrogens with zero attached hydrogens (tertiary/aromatic N) is 2. The molecule has 1 aromatic heterocycles. The lowest BCUT2D eigenvalue weighted by Gasteiger charge is -2.30. The summed E-state index contributed by atoms with van der Waals surface area (Å²) < 4.78 is 5.66.